The molecule has 0 aliphatic rings. The summed E-state index contributed by atoms with van der Waals surface area (Å²) < 4.78 is 1.37. The Kier molecular flexibility index (Phi) is 2.00. The Hall–Kier alpha value is -1.77. The predicted octanol–water partition coefficient (Wildman–Crippen LogP) is 1.47. The van der Waals surface area contributed by atoms with Gasteiger partial charge in [0.2, 0.25) is 0 Å². The number of aromatic nitrogens is 2. The van der Waals surface area contributed by atoms with Crippen molar-refractivity contribution in [2.24, 2.45) is 7.05 Å². The van der Waals surface area contributed by atoms with Gasteiger partial charge >= 0.3 is 0 Å². The molecular weight excluding hydrogens is 176 g/mol. The van der Waals surface area contributed by atoms with Gasteiger partial charge in [0.25, 0.3) is 0 Å². The molecule has 0 amide bonds. The first-order valence-corrected chi connectivity index (χ1v) is 4.46. The fraction of sp³-hybridized carbons (Fsp3) is 0.182. The van der Waals surface area contributed by atoms with Gasteiger partial charge in [0.1, 0.15) is 0 Å². The molecule has 14 heavy (non-hydrogen) atoms. The molecule has 0 N–H and O–H groups in total. The maximum absolute atomic E-state index is 11.7. The largest absolute Gasteiger partial charge is 0.858 e. The molecule has 72 valence electrons. The van der Waals surface area contributed by atoms with Crippen molar-refractivity contribution in [3.05, 3.63) is 36.0 Å². The topological polar surface area (TPSA) is 40.9 Å². The van der Waals surface area contributed by atoms with Crippen LogP contribution in [0.2, 0.25) is 0 Å². The lowest BCUT2D eigenvalue weighted by molar-refractivity contribution is -0.278. The normalized spacial score (nSPS) is 10.4. The molecule has 0 fully saturated rings. The first kappa shape index (κ1) is 8.81. The quantitative estimate of drug-likeness (QED) is 0.678. The lowest BCUT2D eigenvalue weighted by atomic mass is 10.1. The Morgan fingerprint density at radius 2 is 1.86 bits per heavy atom. The Morgan fingerprint density at radius 1 is 1.21 bits per heavy atom. The molecule has 0 radical (unpaired) electrons. The van der Waals surface area contributed by atoms with Gasteiger partial charge in [-0.2, -0.15) is 5.10 Å². The van der Waals surface area contributed by atoms with Crippen LogP contribution in [0.25, 0.3) is 11.1 Å². The number of rotatable bonds is 1. The monoisotopic (exact) mass is 187 g/mol. The summed E-state index contributed by atoms with van der Waals surface area (Å²) in [7, 11) is 1.67. The zero-order valence-corrected chi connectivity index (χ0v) is 8.19. The number of hydrogen-bond acceptors (Lipinski definition) is 2. The molecule has 0 saturated carbocycles. The molecule has 3 heteroatoms. The second-order valence-electron chi connectivity index (χ2n) is 3.26. The molecule has 0 spiro atoms. The lowest BCUT2D eigenvalue weighted by Gasteiger charge is -2.09. The van der Waals surface area contributed by atoms with Gasteiger partial charge in [0, 0.05) is 12.6 Å². The van der Waals surface area contributed by atoms with E-state index in [-0.39, 0.29) is 5.88 Å². The van der Waals surface area contributed by atoms with Crippen LogP contribution in [0.3, 0.4) is 0 Å². The van der Waals surface area contributed by atoms with E-state index in [2.05, 4.69) is 5.10 Å². The number of hydrogen-bond donors (Lipinski definition) is 0. The van der Waals surface area contributed by atoms with Gasteiger partial charge in [0.05, 0.1) is 5.69 Å². The van der Waals surface area contributed by atoms with Gasteiger partial charge in [-0.15, -0.1) is 0 Å². The molecule has 0 aliphatic carbocycles. The average Bonchev–Trinajstić information content (AvgIpc) is 2.43. The van der Waals surface area contributed by atoms with Gasteiger partial charge in [-0.25, -0.2) is 0 Å². The SMILES string of the molecule is Cc1nn(C)c([O-])c1-c1ccccc1. The molecule has 1 heterocycles. The summed E-state index contributed by atoms with van der Waals surface area (Å²) in [5, 5.41) is 15.8. The summed E-state index contributed by atoms with van der Waals surface area (Å²) >= 11 is 0. The van der Waals surface area contributed by atoms with Crippen LogP contribution in [0, 0.1) is 6.92 Å². The van der Waals surface area contributed by atoms with Crippen LogP contribution < -0.4 is 5.11 Å². The first-order valence-electron chi connectivity index (χ1n) is 4.46. The Morgan fingerprint density at radius 3 is 2.36 bits per heavy atom. The van der Waals surface area contributed by atoms with Gasteiger partial charge < -0.3 is 5.11 Å². The van der Waals surface area contributed by atoms with Crippen molar-refractivity contribution in [2.45, 2.75) is 6.92 Å². The van der Waals surface area contributed by atoms with Crippen molar-refractivity contribution in [3.8, 4) is 17.0 Å². The zero-order valence-electron chi connectivity index (χ0n) is 8.19. The minimum Gasteiger partial charge on any atom is -0.858 e. The van der Waals surface area contributed by atoms with Crippen molar-refractivity contribution in [3.63, 3.8) is 0 Å². The second-order valence-corrected chi connectivity index (χ2v) is 3.26. The molecule has 2 aromatic rings. The second kappa shape index (κ2) is 3.18. The third-order valence-electron chi connectivity index (χ3n) is 2.23. The summed E-state index contributed by atoms with van der Waals surface area (Å²) in [6.07, 6.45) is 0. The standard InChI is InChI=1S/C11H12N2O/c1-8-10(11(14)13(2)12-8)9-6-4-3-5-7-9/h3-7,14H,1-2H3/p-1. The van der Waals surface area contributed by atoms with Crippen molar-refractivity contribution in [1.82, 2.24) is 9.78 Å². The molecule has 1 aromatic carbocycles. The van der Waals surface area contributed by atoms with E-state index in [0.717, 1.165) is 11.3 Å². The highest BCUT2D eigenvalue weighted by Crippen LogP contribution is 2.29. The summed E-state index contributed by atoms with van der Waals surface area (Å²) in [4.78, 5) is 0. The summed E-state index contributed by atoms with van der Waals surface area (Å²) in [6, 6.07) is 9.61. The maximum atomic E-state index is 11.7. The van der Waals surface area contributed by atoms with E-state index in [1.54, 1.807) is 7.05 Å². The van der Waals surface area contributed by atoms with Crippen LogP contribution >= 0.6 is 0 Å². The van der Waals surface area contributed by atoms with Crippen molar-refractivity contribution in [1.29, 1.82) is 0 Å². The smallest absolute Gasteiger partial charge is 0.0665 e. The van der Waals surface area contributed by atoms with E-state index in [4.69, 9.17) is 0 Å². The number of nitrogens with zero attached hydrogens (tertiary/aromatic N) is 2. The van der Waals surface area contributed by atoms with Crippen LogP contribution in [0.1, 0.15) is 5.69 Å². The van der Waals surface area contributed by atoms with Gasteiger partial charge in [-0.05, 0) is 18.4 Å². The highest BCUT2D eigenvalue weighted by Gasteiger charge is 2.06. The van der Waals surface area contributed by atoms with Crippen LogP contribution in [-0.2, 0) is 7.05 Å². The van der Waals surface area contributed by atoms with Crippen molar-refractivity contribution < 1.29 is 5.11 Å². The fourth-order valence-corrected chi connectivity index (χ4v) is 1.57. The van der Waals surface area contributed by atoms with Gasteiger partial charge in [0.15, 0.2) is 0 Å². The van der Waals surface area contributed by atoms with Crippen molar-refractivity contribution >= 4 is 0 Å². The van der Waals surface area contributed by atoms with E-state index < -0.39 is 0 Å². The molecule has 1 aromatic heterocycles. The van der Waals surface area contributed by atoms with Gasteiger partial charge in [-0.3, -0.25) is 4.68 Å². The van der Waals surface area contributed by atoms with E-state index in [1.807, 2.05) is 37.3 Å². The molecule has 0 aliphatic heterocycles. The Balaban J connectivity index is 2.62. The predicted molar refractivity (Wildman–Crippen MR) is 52.8 cm³/mol. The minimum absolute atomic E-state index is 0.0336. The minimum atomic E-state index is -0.0336. The van der Waals surface area contributed by atoms with E-state index in [1.165, 1.54) is 4.68 Å². The first-order chi connectivity index (χ1) is 6.70. The summed E-state index contributed by atoms with van der Waals surface area (Å²) in [6.45, 7) is 1.85. The molecule has 0 bridgehead atoms. The van der Waals surface area contributed by atoms with Crippen LogP contribution in [0.5, 0.6) is 5.88 Å². The fourth-order valence-electron chi connectivity index (χ4n) is 1.57. The molecule has 3 nitrogen and oxygen atoms in total. The zero-order chi connectivity index (χ0) is 10.1. The van der Waals surface area contributed by atoms with Crippen LogP contribution in [0.15, 0.2) is 30.3 Å². The molecule has 0 unspecified atom stereocenters. The highest BCUT2D eigenvalue weighted by molar-refractivity contribution is 5.70. The number of aryl methyl sites for hydroxylation is 2. The summed E-state index contributed by atoms with van der Waals surface area (Å²) in [5.74, 6) is -0.0336. The molecule has 0 atom stereocenters. The van der Waals surface area contributed by atoms with Crippen LogP contribution in [-0.4, -0.2) is 9.78 Å². The third-order valence-corrected chi connectivity index (χ3v) is 2.23. The number of benzene rings is 1. The lowest BCUT2D eigenvalue weighted by Crippen LogP contribution is -2.00. The van der Waals surface area contributed by atoms with E-state index in [9.17, 15) is 5.11 Å². The Bertz CT molecular complexity index is 446. The highest BCUT2D eigenvalue weighted by atomic mass is 16.3. The summed E-state index contributed by atoms with van der Waals surface area (Å²) in [5.41, 5.74) is 2.42. The third kappa shape index (κ3) is 1.27. The molecule has 2 rings (SSSR count). The Labute approximate surface area is 82.6 Å². The van der Waals surface area contributed by atoms with Crippen molar-refractivity contribution in [2.75, 3.05) is 0 Å². The van der Waals surface area contributed by atoms with E-state index in [0.29, 0.717) is 5.56 Å². The average molecular weight is 187 g/mol. The van der Waals surface area contributed by atoms with E-state index >= 15 is 0 Å². The van der Waals surface area contributed by atoms with Crippen LogP contribution in [0.4, 0.5) is 0 Å². The van der Waals surface area contributed by atoms with Gasteiger partial charge in [-0.1, -0.05) is 30.3 Å². The molecular formula is C11H11N2O-. The maximum Gasteiger partial charge on any atom is 0.0665 e. The molecule has 0 saturated heterocycles.